The van der Waals surface area contributed by atoms with Crippen molar-refractivity contribution in [2.24, 2.45) is 0 Å². The van der Waals surface area contributed by atoms with Gasteiger partial charge in [0.1, 0.15) is 5.75 Å². The van der Waals surface area contributed by atoms with Gasteiger partial charge in [0.05, 0.1) is 6.10 Å². The molecule has 23 heavy (non-hydrogen) atoms. The molecule has 0 radical (unpaired) electrons. The predicted octanol–water partition coefficient (Wildman–Crippen LogP) is 4.52. The highest BCUT2D eigenvalue weighted by Crippen LogP contribution is 2.15. The average Bonchev–Trinajstić information content (AvgIpc) is 2.53. The number of aryl methyl sites for hydroxylation is 1. The molecule has 122 valence electrons. The van der Waals surface area contributed by atoms with E-state index >= 15 is 0 Å². The summed E-state index contributed by atoms with van der Waals surface area (Å²) in [6.07, 6.45) is 1.21. The molecule has 0 aliphatic heterocycles. The summed E-state index contributed by atoms with van der Waals surface area (Å²) in [5.74, 6) is 0.883. The molecule has 0 fully saturated rings. The molecular weight excluding hydrogens is 304 g/mol. The van der Waals surface area contributed by atoms with Crippen molar-refractivity contribution in [3.8, 4) is 5.75 Å². The fourth-order valence-electron chi connectivity index (χ4n) is 2.18. The van der Waals surface area contributed by atoms with Gasteiger partial charge in [-0.3, -0.25) is 0 Å². The number of thiocarbonyl (C=S) groups is 1. The Hall–Kier alpha value is -2.07. The molecule has 2 rings (SSSR count). The largest absolute Gasteiger partial charge is 0.491 e. The summed E-state index contributed by atoms with van der Waals surface area (Å²) >= 11 is 5.35. The lowest BCUT2D eigenvalue weighted by Gasteiger charge is -2.13. The van der Waals surface area contributed by atoms with Crippen LogP contribution in [-0.4, -0.2) is 11.2 Å². The van der Waals surface area contributed by atoms with Gasteiger partial charge in [-0.15, -0.1) is 0 Å². The van der Waals surface area contributed by atoms with E-state index in [-0.39, 0.29) is 6.10 Å². The summed E-state index contributed by atoms with van der Waals surface area (Å²) in [6.45, 7) is 6.85. The van der Waals surface area contributed by atoms with Crippen molar-refractivity contribution in [1.29, 1.82) is 0 Å². The lowest BCUT2D eigenvalue weighted by Crippen LogP contribution is -2.27. The quantitative estimate of drug-likeness (QED) is 0.764. The summed E-state index contributed by atoms with van der Waals surface area (Å²) < 4.78 is 5.70. The Balaban J connectivity index is 1.86. The molecule has 0 aromatic heterocycles. The van der Waals surface area contributed by atoms with E-state index in [4.69, 9.17) is 17.0 Å². The summed E-state index contributed by atoms with van der Waals surface area (Å²) in [5, 5.41) is 7.04. The molecule has 3 nitrogen and oxygen atoms in total. The van der Waals surface area contributed by atoms with Gasteiger partial charge in [-0.1, -0.05) is 31.2 Å². The summed E-state index contributed by atoms with van der Waals surface area (Å²) in [6, 6.07) is 16.4. The fraction of sp³-hybridized carbons (Fsp3) is 0.316. The van der Waals surface area contributed by atoms with Gasteiger partial charge in [0.2, 0.25) is 0 Å². The molecule has 2 N–H and O–H groups in total. The maximum Gasteiger partial charge on any atom is 0.171 e. The molecule has 0 aliphatic rings. The van der Waals surface area contributed by atoms with E-state index in [0.717, 1.165) is 23.4 Å². The third kappa shape index (κ3) is 5.91. The van der Waals surface area contributed by atoms with Crippen molar-refractivity contribution in [2.75, 3.05) is 5.32 Å². The Kier molecular flexibility index (Phi) is 6.41. The molecule has 0 saturated heterocycles. The van der Waals surface area contributed by atoms with Crippen LogP contribution in [0.2, 0.25) is 0 Å². The van der Waals surface area contributed by atoms with Crippen LogP contribution in [-0.2, 0) is 13.0 Å². The minimum Gasteiger partial charge on any atom is -0.491 e. The van der Waals surface area contributed by atoms with Gasteiger partial charge in [0.25, 0.3) is 0 Å². The lowest BCUT2D eigenvalue weighted by atomic mass is 10.1. The summed E-state index contributed by atoms with van der Waals surface area (Å²) in [4.78, 5) is 0. The van der Waals surface area contributed by atoms with Crippen molar-refractivity contribution in [3.63, 3.8) is 0 Å². The van der Waals surface area contributed by atoms with Gasteiger partial charge in [-0.25, -0.2) is 0 Å². The third-order valence-electron chi connectivity index (χ3n) is 3.34. The number of benzene rings is 2. The predicted molar refractivity (Wildman–Crippen MR) is 101 cm³/mol. The maximum atomic E-state index is 5.70. The van der Waals surface area contributed by atoms with Gasteiger partial charge in [0.15, 0.2) is 5.11 Å². The lowest BCUT2D eigenvalue weighted by molar-refractivity contribution is 0.242. The first-order valence-electron chi connectivity index (χ1n) is 7.96. The number of ether oxygens (including phenoxy) is 1. The number of hydrogen-bond acceptors (Lipinski definition) is 2. The molecule has 0 unspecified atom stereocenters. The van der Waals surface area contributed by atoms with Crippen LogP contribution in [0.25, 0.3) is 0 Å². The number of hydrogen-bond donors (Lipinski definition) is 2. The van der Waals surface area contributed by atoms with E-state index in [9.17, 15) is 0 Å². The maximum absolute atomic E-state index is 5.70. The Morgan fingerprint density at radius 3 is 2.48 bits per heavy atom. The fourth-order valence-corrected chi connectivity index (χ4v) is 2.37. The van der Waals surface area contributed by atoms with Crippen LogP contribution in [0.1, 0.15) is 31.9 Å². The van der Waals surface area contributed by atoms with E-state index in [0.29, 0.717) is 11.7 Å². The highest BCUT2D eigenvalue weighted by molar-refractivity contribution is 7.80. The molecule has 0 saturated carbocycles. The van der Waals surface area contributed by atoms with Gasteiger partial charge in [0, 0.05) is 12.2 Å². The average molecular weight is 328 g/mol. The first-order chi connectivity index (χ1) is 11.1. The molecular formula is C19H24N2OS. The van der Waals surface area contributed by atoms with E-state index in [1.165, 1.54) is 5.56 Å². The summed E-state index contributed by atoms with van der Waals surface area (Å²) in [5.41, 5.74) is 3.45. The molecule has 2 aromatic rings. The minimum atomic E-state index is 0.173. The first kappa shape index (κ1) is 17.3. The second kappa shape index (κ2) is 8.53. The zero-order valence-electron chi connectivity index (χ0n) is 13.9. The Bertz CT molecular complexity index is 638. The van der Waals surface area contributed by atoms with Crippen molar-refractivity contribution < 1.29 is 4.74 Å². The van der Waals surface area contributed by atoms with Crippen LogP contribution in [0.4, 0.5) is 5.69 Å². The van der Waals surface area contributed by atoms with E-state index in [1.807, 2.05) is 44.2 Å². The van der Waals surface area contributed by atoms with Crippen LogP contribution in [0.5, 0.6) is 5.75 Å². The Morgan fingerprint density at radius 2 is 1.83 bits per heavy atom. The zero-order chi connectivity index (χ0) is 16.7. The third-order valence-corrected chi connectivity index (χ3v) is 3.59. The Morgan fingerprint density at radius 1 is 1.09 bits per heavy atom. The molecule has 0 spiro atoms. The van der Waals surface area contributed by atoms with Gasteiger partial charge in [-0.2, -0.15) is 0 Å². The first-order valence-corrected chi connectivity index (χ1v) is 8.37. The van der Waals surface area contributed by atoms with Crippen LogP contribution in [0.3, 0.4) is 0 Å². The molecule has 0 atom stereocenters. The number of anilines is 1. The monoisotopic (exact) mass is 328 g/mol. The molecule has 0 amide bonds. The SMILES string of the molecule is CCc1ccc(NC(=S)NCc2cccc(OC(C)C)c2)cc1. The van der Waals surface area contributed by atoms with Crippen molar-refractivity contribution in [3.05, 3.63) is 59.7 Å². The smallest absolute Gasteiger partial charge is 0.171 e. The van der Waals surface area contributed by atoms with E-state index in [1.54, 1.807) is 0 Å². The van der Waals surface area contributed by atoms with Gasteiger partial charge >= 0.3 is 0 Å². The number of nitrogens with one attached hydrogen (secondary N) is 2. The molecule has 2 aromatic carbocycles. The minimum absolute atomic E-state index is 0.173. The van der Waals surface area contributed by atoms with Crippen LogP contribution in [0, 0.1) is 0 Å². The zero-order valence-corrected chi connectivity index (χ0v) is 14.7. The second-order valence-corrected chi connectivity index (χ2v) is 6.08. The van der Waals surface area contributed by atoms with E-state index in [2.05, 4.69) is 35.8 Å². The summed E-state index contributed by atoms with van der Waals surface area (Å²) in [7, 11) is 0. The van der Waals surface area contributed by atoms with Gasteiger partial charge in [-0.05, 0) is 67.9 Å². The van der Waals surface area contributed by atoms with Crippen molar-refractivity contribution in [2.45, 2.75) is 39.8 Å². The standard InChI is InChI=1S/C19H24N2OS/c1-4-15-8-10-17(11-9-15)21-19(23)20-13-16-6-5-7-18(12-16)22-14(2)3/h5-12,14H,4,13H2,1-3H3,(H2,20,21,23). The molecule has 4 heteroatoms. The normalized spacial score (nSPS) is 10.4. The molecule has 0 aliphatic carbocycles. The molecule has 0 bridgehead atoms. The van der Waals surface area contributed by atoms with Crippen molar-refractivity contribution in [1.82, 2.24) is 5.32 Å². The van der Waals surface area contributed by atoms with Crippen LogP contribution >= 0.6 is 12.2 Å². The topological polar surface area (TPSA) is 33.3 Å². The highest BCUT2D eigenvalue weighted by atomic mass is 32.1. The van der Waals surface area contributed by atoms with E-state index < -0.39 is 0 Å². The van der Waals surface area contributed by atoms with Crippen LogP contribution in [0.15, 0.2) is 48.5 Å². The number of rotatable bonds is 6. The molecule has 0 heterocycles. The highest BCUT2D eigenvalue weighted by Gasteiger charge is 2.01. The Labute approximate surface area is 144 Å². The van der Waals surface area contributed by atoms with Gasteiger partial charge < -0.3 is 15.4 Å². The second-order valence-electron chi connectivity index (χ2n) is 5.67. The van der Waals surface area contributed by atoms with Crippen molar-refractivity contribution >= 4 is 23.0 Å². The van der Waals surface area contributed by atoms with Crippen LogP contribution < -0.4 is 15.4 Å².